The standard InChI is InChI=1S/C78H97ClF3N11O10S4/c1-50(52-15-17-54(18-16-52)71-51(2)84-49-105-71)85-74(98)67-41-61(94)47-93(67)75(99)72(76(3,4)5)87-69(95)44-83-32-11-14-70(96)91-37-34-89(35-38-91)33-30-59(48-104-62-12-9-8-10-13-62)86-65-27-26-63(42-68(65)106(100,101)78(80,81)82)107(102,103)88-73(97)56-22-28-66-55(40-56)21-25-60-46-90(36-39-92(60)66)45-57-43-77(6,7)31-29-64(57)53-19-23-58(79)24-20-53/h8-10,12-13,15-20,22-24,26-28,40,42,49-50,59-61,67,72,83,86,94H,11,14,21,25,29-39,41,43-48H2,1-7H3,(H,85,98)(H,87,95)(H,88,97)/t50-,59+,60?,61+,67-,72+/m0/s1. The van der Waals surface area contributed by atoms with E-state index in [4.69, 9.17) is 11.6 Å². The first-order valence-corrected chi connectivity index (χ1v) is 41.8. The normalized spacial score (nSPS) is 19.7. The number of sulfone groups is 1. The van der Waals surface area contributed by atoms with Gasteiger partial charge in [-0.3, -0.25) is 33.8 Å². The van der Waals surface area contributed by atoms with Crippen molar-refractivity contribution in [1.82, 2.24) is 45.3 Å². The number of piperazine rings is 2. The monoisotopic (exact) mass is 1570 g/mol. The highest BCUT2D eigenvalue weighted by molar-refractivity contribution is 7.99. The molecule has 576 valence electrons. The van der Waals surface area contributed by atoms with Crippen LogP contribution in [0.5, 0.6) is 0 Å². The fraction of sp³-hybridized carbons (Fsp3) is 0.487. The number of thioether (sulfide) groups is 1. The molecule has 0 radical (unpaired) electrons. The van der Waals surface area contributed by atoms with Crippen LogP contribution in [0.4, 0.5) is 24.5 Å². The van der Waals surface area contributed by atoms with Gasteiger partial charge in [0.1, 0.15) is 17.0 Å². The Morgan fingerprint density at radius 3 is 2.23 bits per heavy atom. The number of hydrogen-bond donors (Lipinski definition) is 6. The molecule has 3 fully saturated rings. The number of fused-ring (bicyclic) bond motifs is 3. The van der Waals surface area contributed by atoms with E-state index < -0.39 is 100 Å². The fourth-order valence-electron chi connectivity index (χ4n) is 15.0. The number of carbonyl (C=O) groups excluding carboxylic acids is 5. The number of aliphatic hydroxyl groups is 1. The molecule has 1 aromatic heterocycles. The average Bonchev–Trinajstić information content (AvgIpc) is 1.12. The maximum Gasteiger partial charge on any atom is 0.501 e. The minimum atomic E-state index is -6.19. The van der Waals surface area contributed by atoms with Crippen molar-refractivity contribution in [3.63, 3.8) is 0 Å². The highest BCUT2D eigenvalue weighted by Crippen LogP contribution is 2.44. The predicted octanol–water partition coefficient (Wildman–Crippen LogP) is 11.1. The molecule has 0 bridgehead atoms. The fourth-order valence-corrected chi connectivity index (χ4v) is 19.0. The SMILES string of the molecule is Cc1ncsc1-c1ccc([C@H](C)NC(=O)[C@@H]2C[C@@H](O)CN2C(=O)[C@@H](NC(=O)CNCCCC(=O)N2CCN(CC[C@H](CSc3ccccc3)Nc3ccc(S(=O)(=O)NC(=O)c4ccc5c(c4)CCC4CN(CC6=C(c7ccc(Cl)cc7)CCC(C)(C)C6)CCN54)cc3S(=O)(=O)C(F)(F)F)CC2)C(C)(C)C)cc1. The van der Waals surface area contributed by atoms with Crippen LogP contribution >= 0.6 is 34.7 Å². The lowest BCUT2D eigenvalue weighted by atomic mass is 9.72. The smallest absolute Gasteiger partial charge is 0.391 e. The molecule has 29 heteroatoms. The van der Waals surface area contributed by atoms with Crippen LogP contribution in [0.3, 0.4) is 0 Å². The van der Waals surface area contributed by atoms with E-state index in [-0.39, 0.29) is 54.6 Å². The van der Waals surface area contributed by atoms with Crippen molar-refractivity contribution in [3.05, 3.63) is 159 Å². The number of likely N-dealkylation sites (tertiary alicyclic amines) is 1. The maximum atomic E-state index is 14.7. The summed E-state index contributed by atoms with van der Waals surface area (Å²) in [7, 11) is -11.2. The van der Waals surface area contributed by atoms with Crippen molar-refractivity contribution in [2.45, 2.75) is 163 Å². The second-order valence-corrected chi connectivity index (χ2v) is 36.6. The summed E-state index contributed by atoms with van der Waals surface area (Å²) in [5.74, 6) is -2.26. The maximum absolute atomic E-state index is 14.7. The number of aliphatic hydroxyl groups excluding tert-OH is 1. The van der Waals surface area contributed by atoms with Crippen LogP contribution in [0.25, 0.3) is 16.0 Å². The van der Waals surface area contributed by atoms with Gasteiger partial charge < -0.3 is 41.1 Å². The summed E-state index contributed by atoms with van der Waals surface area (Å²) < 4.78 is 101. The zero-order chi connectivity index (χ0) is 76.8. The van der Waals surface area contributed by atoms with Crippen LogP contribution in [-0.4, -0.2) is 196 Å². The van der Waals surface area contributed by atoms with Crippen molar-refractivity contribution in [1.29, 1.82) is 0 Å². The number of rotatable bonds is 27. The van der Waals surface area contributed by atoms with Crippen LogP contribution in [-0.2, 0) is 45.5 Å². The Labute approximate surface area is 639 Å². The van der Waals surface area contributed by atoms with Crippen molar-refractivity contribution in [3.8, 4) is 10.4 Å². The first-order valence-electron chi connectivity index (χ1n) is 36.6. The largest absolute Gasteiger partial charge is 0.501 e. The van der Waals surface area contributed by atoms with Gasteiger partial charge in [0.25, 0.3) is 25.8 Å². The second kappa shape index (κ2) is 34.2. The molecule has 5 aliphatic rings. The summed E-state index contributed by atoms with van der Waals surface area (Å²) in [6.07, 6.45) is 4.47. The van der Waals surface area contributed by atoms with Crippen molar-refractivity contribution in [2.75, 3.05) is 94.5 Å². The molecule has 5 amide bonds. The summed E-state index contributed by atoms with van der Waals surface area (Å²) in [5, 5.41) is 23.4. The number of amides is 5. The average molecular weight is 1570 g/mol. The van der Waals surface area contributed by atoms with E-state index in [0.29, 0.717) is 69.6 Å². The van der Waals surface area contributed by atoms with E-state index in [1.54, 1.807) is 54.7 Å². The molecule has 4 aliphatic heterocycles. The third-order valence-corrected chi connectivity index (χ3v) is 26.2. The van der Waals surface area contributed by atoms with E-state index in [9.17, 15) is 59.1 Å². The molecule has 5 heterocycles. The molecule has 3 saturated heterocycles. The van der Waals surface area contributed by atoms with Gasteiger partial charge in [0.2, 0.25) is 23.6 Å². The third kappa shape index (κ3) is 20.2. The predicted molar refractivity (Wildman–Crippen MR) is 413 cm³/mol. The van der Waals surface area contributed by atoms with Gasteiger partial charge in [-0.15, -0.1) is 23.1 Å². The van der Waals surface area contributed by atoms with E-state index in [2.05, 4.69) is 66.9 Å². The Morgan fingerprint density at radius 2 is 1.54 bits per heavy atom. The summed E-state index contributed by atoms with van der Waals surface area (Å²) in [5.41, 5.74) is 3.54. The van der Waals surface area contributed by atoms with Crippen LogP contribution in [0.1, 0.15) is 132 Å². The lowest BCUT2D eigenvalue weighted by molar-refractivity contribution is -0.144. The number of alkyl halides is 3. The van der Waals surface area contributed by atoms with Crippen LogP contribution in [0, 0.1) is 17.8 Å². The molecule has 0 saturated carbocycles. The quantitative estimate of drug-likeness (QED) is 0.0207. The number of allylic oxidation sites excluding steroid dienone is 1. The number of aryl methyl sites for hydroxylation is 2. The number of anilines is 2. The summed E-state index contributed by atoms with van der Waals surface area (Å²) in [6, 6.07) is 29.6. The molecule has 0 spiro atoms. The number of thiazole rings is 1. The van der Waals surface area contributed by atoms with Crippen molar-refractivity contribution < 1.29 is 59.1 Å². The number of carbonyl (C=O) groups is 5. The van der Waals surface area contributed by atoms with Gasteiger partial charge in [-0.05, 0) is 165 Å². The van der Waals surface area contributed by atoms with Gasteiger partial charge in [0, 0.05) is 117 Å². The van der Waals surface area contributed by atoms with E-state index in [1.165, 1.54) is 39.4 Å². The molecule has 1 unspecified atom stereocenters. The van der Waals surface area contributed by atoms with Crippen molar-refractivity contribution in [2.24, 2.45) is 10.8 Å². The second-order valence-electron chi connectivity index (χ2n) is 30.6. The molecular formula is C78H97ClF3N11O10S4. The molecule has 107 heavy (non-hydrogen) atoms. The topological polar surface area (TPSA) is 263 Å². The molecular weight excluding hydrogens is 1470 g/mol. The third-order valence-electron chi connectivity index (χ3n) is 21.0. The number of benzene rings is 5. The Kier molecular flexibility index (Phi) is 25.8. The number of sulfonamides is 1. The lowest BCUT2D eigenvalue weighted by Gasteiger charge is -2.47. The zero-order valence-corrected chi connectivity index (χ0v) is 65.5. The van der Waals surface area contributed by atoms with Gasteiger partial charge in [-0.25, -0.2) is 26.5 Å². The number of hydrogen-bond acceptors (Lipinski definition) is 18. The van der Waals surface area contributed by atoms with E-state index in [1.807, 2.05) is 85.3 Å². The molecule has 5 aromatic carbocycles. The Hall–Kier alpha value is -7.41. The van der Waals surface area contributed by atoms with E-state index >= 15 is 0 Å². The van der Waals surface area contributed by atoms with Gasteiger partial charge in [0.05, 0.1) is 45.4 Å². The molecule has 6 aromatic rings. The Morgan fingerprint density at radius 1 is 0.832 bits per heavy atom. The lowest BCUT2D eigenvalue weighted by Crippen LogP contribution is -2.58. The van der Waals surface area contributed by atoms with Gasteiger partial charge in [-0.1, -0.05) is 106 Å². The van der Waals surface area contributed by atoms with Gasteiger partial charge in [-0.2, -0.15) is 13.2 Å². The number of β-amino-alcohol motifs (C(OH)–C–C–N with tert-alkyl or cyclic N) is 1. The zero-order valence-electron chi connectivity index (χ0n) is 61.5. The molecule has 6 N–H and O–H groups in total. The first kappa shape index (κ1) is 80.6. The highest BCUT2D eigenvalue weighted by atomic mass is 35.5. The van der Waals surface area contributed by atoms with Crippen LogP contribution in [0.2, 0.25) is 5.02 Å². The van der Waals surface area contributed by atoms with Crippen LogP contribution < -0.4 is 30.9 Å². The number of nitrogens with one attached hydrogen (secondary N) is 5. The summed E-state index contributed by atoms with van der Waals surface area (Å²) in [4.78, 5) is 83.0. The molecule has 1 aliphatic carbocycles. The summed E-state index contributed by atoms with van der Waals surface area (Å²) in [6.45, 7) is 19.2. The number of nitrogens with zero attached hydrogens (tertiary/aromatic N) is 6. The minimum Gasteiger partial charge on any atom is -0.391 e. The Balaban J connectivity index is 0.655. The molecule has 21 nitrogen and oxygen atoms in total. The van der Waals surface area contributed by atoms with Crippen molar-refractivity contribution >= 4 is 101 Å². The van der Waals surface area contributed by atoms with E-state index in [0.717, 1.165) is 102 Å². The number of halogens is 4. The minimum absolute atomic E-state index is 0.0143. The summed E-state index contributed by atoms with van der Waals surface area (Å²) >= 11 is 9.20. The van der Waals surface area contributed by atoms with Crippen LogP contribution in [0.15, 0.2) is 141 Å². The Bertz CT molecular complexity index is 4460. The first-order chi connectivity index (χ1) is 50.7. The number of aromatic nitrogens is 1. The van der Waals surface area contributed by atoms with Gasteiger partial charge in [0.15, 0.2) is 0 Å². The molecule has 6 atom stereocenters. The molecule has 11 rings (SSSR count). The van der Waals surface area contributed by atoms with Gasteiger partial charge >= 0.3 is 5.51 Å². The highest BCUT2D eigenvalue weighted by Gasteiger charge is 2.49.